The van der Waals surface area contributed by atoms with Crippen molar-refractivity contribution in [2.24, 2.45) is 0 Å². The number of nitrogens with one attached hydrogen (secondary N) is 1. The number of amides is 2. The fourth-order valence-corrected chi connectivity index (χ4v) is 3.49. The Balaban J connectivity index is 1.98. The monoisotopic (exact) mass is 423 g/mol. The van der Waals surface area contributed by atoms with E-state index in [9.17, 15) is 9.59 Å². The molecular weight excluding hydrogens is 398 g/mol. The minimum atomic E-state index is -0.886. The standard InChI is InChI=1S/C22H25N5O2S/c1-22(2,3)24-20(28)19(17-11-7-8-13-23-17)27(21(29)18-15-30-26-25-18)14-12-16-9-5-4-6-10-16/h4-11,13,15,19H,12,14H2,1-3H3,(H,24,28)/t19-/m1/s1. The summed E-state index contributed by atoms with van der Waals surface area (Å²) in [6, 6.07) is 14.3. The van der Waals surface area contributed by atoms with Crippen LogP contribution in [-0.4, -0.2) is 43.4 Å². The van der Waals surface area contributed by atoms with E-state index in [1.54, 1.807) is 23.7 Å². The fraction of sp³-hybridized carbons (Fsp3) is 0.318. The summed E-state index contributed by atoms with van der Waals surface area (Å²) >= 11 is 1.10. The van der Waals surface area contributed by atoms with Gasteiger partial charge in [-0.1, -0.05) is 40.9 Å². The summed E-state index contributed by atoms with van der Waals surface area (Å²) in [5.74, 6) is -0.634. The van der Waals surface area contributed by atoms with E-state index in [4.69, 9.17) is 0 Å². The topological polar surface area (TPSA) is 88.1 Å². The molecule has 2 aromatic heterocycles. The molecule has 0 aliphatic heterocycles. The summed E-state index contributed by atoms with van der Waals surface area (Å²) in [6.45, 7) is 6.04. The van der Waals surface area contributed by atoms with E-state index >= 15 is 0 Å². The van der Waals surface area contributed by atoms with Crippen LogP contribution in [0.2, 0.25) is 0 Å². The van der Waals surface area contributed by atoms with E-state index in [1.165, 1.54) is 4.90 Å². The van der Waals surface area contributed by atoms with Gasteiger partial charge >= 0.3 is 0 Å². The second-order valence-corrected chi connectivity index (χ2v) is 8.53. The Bertz CT molecular complexity index is 956. The van der Waals surface area contributed by atoms with Crippen LogP contribution in [0.4, 0.5) is 0 Å². The van der Waals surface area contributed by atoms with Crippen LogP contribution in [0, 0.1) is 0 Å². The molecule has 1 N–H and O–H groups in total. The highest BCUT2D eigenvalue weighted by atomic mass is 32.1. The van der Waals surface area contributed by atoms with Crippen molar-refractivity contribution < 1.29 is 9.59 Å². The first-order valence-electron chi connectivity index (χ1n) is 9.70. The summed E-state index contributed by atoms with van der Waals surface area (Å²) in [5.41, 5.74) is 1.34. The Morgan fingerprint density at radius 1 is 1.10 bits per heavy atom. The summed E-state index contributed by atoms with van der Waals surface area (Å²) < 4.78 is 3.81. The van der Waals surface area contributed by atoms with E-state index in [0.717, 1.165) is 17.1 Å². The highest BCUT2D eigenvalue weighted by molar-refractivity contribution is 7.03. The quantitative estimate of drug-likeness (QED) is 0.630. The van der Waals surface area contributed by atoms with Crippen LogP contribution in [0.1, 0.15) is 48.6 Å². The first-order chi connectivity index (χ1) is 14.3. The predicted molar refractivity (Wildman–Crippen MR) is 116 cm³/mol. The number of pyridine rings is 1. The molecule has 2 amide bonds. The van der Waals surface area contributed by atoms with Gasteiger partial charge in [0.1, 0.15) is 0 Å². The molecule has 0 radical (unpaired) electrons. The lowest BCUT2D eigenvalue weighted by atomic mass is 10.0. The molecule has 0 saturated carbocycles. The number of carbonyl (C=O) groups is 2. The van der Waals surface area contributed by atoms with Crippen LogP contribution in [0.15, 0.2) is 60.1 Å². The van der Waals surface area contributed by atoms with E-state index in [2.05, 4.69) is 19.9 Å². The molecule has 0 fully saturated rings. The molecule has 0 unspecified atom stereocenters. The Hall–Kier alpha value is -3.13. The van der Waals surface area contributed by atoms with Gasteiger partial charge in [0.05, 0.1) is 5.69 Å². The average molecular weight is 424 g/mol. The molecule has 0 aliphatic carbocycles. The molecule has 0 saturated heterocycles. The number of carbonyl (C=O) groups excluding carboxylic acids is 2. The molecule has 8 heteroatoms. The maximum absolute atomic E-state index is 13.3. The predicted octanol–water partition coefficient (Wildman–Crippen LogP) is 3.27. The van der Waals surface area contributed by atoms with Crippen molar-refractivity contribution in [3.05, 3.63) is 77.1 Å². The van der Waals surface area contributed by atoms with Crippen molar-refractivity contribution in [3.8, 4) is 0 Å². The Morgan fingerprint density at radius 3 is 2.43 bits per heavy atom. The smallest absolute Gasteiger partial charge is 0.276 e. The van der Waals surface area contributed by atoms with Crippen molar-refractivity contribution in [2.45, 2.75) is 38.8 Å². The number of hydrogen-bond acceptors (Lipinski definition) is 6. The molecular formula is C22H25N5O2S. The third kappa shape index (κ3) is 5.70. The molecule has 0 spiro atoms. The van der Waals surface area contributed by atoms with Crippen molar-refractivity contribution in [1.29, 1.82) is 0 Å². The molecule has 1 aromatic carbocycles. The maximum Gasteiger partial charge on any atom is 0.276 e. The molecule has 2 heterocycles. The zero-order valence-electron chi connectivity index (χ0n) is 17.3. The number of aromatic nitrogens is 3. The fourth-order valence-electron chi connectivity index (χ4n) is 3.06. The van der Waals surface area contributed by atoms with Crippen LogP contribution in [0.25, 0.3) is 0 Å². The van der Waals surface area contributed by atoms with Gasteiger partial charge in [-0.05, 0) is 56.4 Å². The van der Waals surface area contributed by atoms with Crippen molar-refractivity contribution >= 4 is 23.3 Å². The average Bonchev–Trinajstić information content (AvgIpc) is 3.25. The zero-order valence-corrected chi connectivity index (χ0v) is 18.1. The first kappa shape index (κ1) is 21.6. The second kappa shape index (κ2) is 9.58. The largest absolute Gasteiger partial charge is 0.349 e. The second-order valence-electron chi connectivity index (χ2n) is 7.92. The summed E-state index contributed by atoms with van der Waals surface area (Å²) in [7, 11) is 0. The molecule has 7 nitrogen and oxygen atoms in total. The SMILES string of the molecule is CC(C)(C)NC(=O)[C@@H](c1ccccn1)N(CCc1ccccc1)C(=O)c1csnn1. The van der Waals surface area contributed by atoms with Gasteiger partial charge in [0, 0.05) is 23.7 Å². The summed E-state index contributed by atoms with van der Waals surface area (Å²) in [4.78, 5) is 32.6. The van der Waals surface area contributed by atoms with E-state index < -0.39 is 11.6 Å². The first-order valence-corrected chi connectivity index (χ1v) is 10.5. The maximum atomic E-state index is 13.3. The Morgan fingerprint density at radius 2 is 1.83 bits per heavy atom. The molecule has 0 bridgehead atoms. The number of nitrogens with zero attached hydrogens (tertiary/aromatic N) is 4. The van der Waals surface area contributed by atoms with E-state index in [1.807, 2.05) is 57.2 Å². The lowest BCUT2D eigenvalue weighted by molar-refractivity contribution is -0.127. The highest BCUT2D eigenvalue weighted by Gasteiger charge is 2.35. The number of hydrogen-bond donors (Lipinski definition) is 1. The third-order valence-electron chi connectivity index (χ3n) is 4.35. The summed E-state index contributed by atoms with van der Waals surface area (Å²) in [6.07, 6.45) is 2.22. The van der Waals surface area contributed by atoms with Gasteiger partial charge in [0.15, 0.2) is 11.7 Å². The van der Waals surface area contributed by atoms with Crippen LogP contribution in [-0.2, 0) is 11.2 Å². The minimum Gasteiger partial charge on any atom is -0.349 e. The van der Waals surface area contributed by atoms with Gasteiger partial charge < -0.3 is 10.2 Å². The molecule has 30 heavy (non-hydrogen) atoms. The summed E-state index contributed by atoms with van der Waals surface area (Å²) in [5, 5.41) is 8.51. The van der Waals surface area contributed by atoms with Crippen LogP contribution < -0.4 is 5.32 Å². The van der Waals surface area contributed by atoms with Crippen LogP contribution >= 0.6 is 11.5 Å². The zero-order chi connectivity index (χ0) is 21.6. The van der Waals surface area contributed by atoms with Crippen molar-refractivity contribution in [1.82, 2.24) is 24.8 Å². The van der Waals surface area contributed by atoms with E-state index in [-0.39, 0.29) is 17.5 Å². The van der Waals surface area contributed by atoms with Gasteiger partial charge in [-0.25, -0.2) is 0 Å². The van der Waals surface area contributed by atoms with Crippen LogP contribution in [0.5, 0.6) is 0 Å². The lowest BCUT2D eigenvalue weighted by Gasteiger charge is -2.32. The van der Waals surface area contributed by atoms with Crippen LogP contribution in [0.3, 0.4) is 0 Å². The van der Waals surface area contributed by atoms with Gasteiger partial charge in [-0.15, -0.1) is 5.10 Å². The minimum absolute atomic E-state index is 0.220. The third-order valence-corrected chi connectivity index (χ3v) is 4.85. The Labute approximate surface area is 180 Å². The molecule has 3 aromatic rings. The van der Waals surface area contributed by atoms with Crippen molar-refractivity contribution in [3.63, 3.8) is 0 Å². The number of benzene rings is 1. The molecule has 156 valence electrons. The molecule has 3 rings (SSSR count). The van der Waals surface area contributed by atoms with Gasteiger partial charge in [-0.2, -0.15) is 0 Å². The lowest BCUT2D eigenvalue weighted by Crippen LogP contribution is -2.50. The highest BCUT2D eigenvalue weighted by Crippen LogP contribution is 2.23. The van der Waals surface area contributed by atoms with Crippen molar-refractivity contribution in [2.75, 3.05) is 6.54 Å². The Kier molecular flexibility index (Phi) is 6.89. The van der Waals surface area contributed by atoms with Gasteiger partial charge in [0.2, 0.25) is 5.91 Å². The van der Waals surface area contributed by atoms with Gasteiger partial charge in [0.25, 0.3) is 5.91 Å². The normalized spacial score (nSPS) is 12.2. The van der Waals surface area contributed by atoms with Gasteiger partial charge in [-0.3, -0.25) is 14.6 Å². The number of rotatable bonds is 7. The molecule has 1 atom stereocenters. The van der Waals surface area contributed by atoms with E-state index in [0.29, 0.717) is 18.7 Å². The molecule has 0 aliphatic rings.